The normalized spacial score (nSPS) is 12.7. The number of amides is 3. The van der Waals surface area contributed by atoms with Crippen molar-refractivity contribution < 1.29 is 39.3 Å². The molecule has 3 amide bonds. The van der Waals surface area contributed by atoms with Crippen LogP contribution < -0.4 is 34.0 Å². The van der Waals surface area contributed by atoms with Gasteiger partial charge in [-0.15, -0.1) is 0 Å². The van der Waals surface area contributed by atoms with E-state index in [9.17, 15) is 24.0 Å². The van der Waals surface area contributed by atoms with Crippen LogP contribution in [0.1, 0.15) is 39.5 Å². The van der Waals surface area contributed by atoms with Crippen LogP contribution in [0.2, 0.25) is 0 Å². The highest BCUT2D eigenvalue weighted by molar-refractivity contribution is 5.77. The molecule has 30 heavy (non-hydrogen) atoms. The second-order valence-corrected chi connectivity index (χ2v) is 6.44. The maximum atomic E-state index is 10.2. The third-order valence-corrected chi connectivity index (χ3v) is 3.33. The van der Waals surface area contributed by atoms with Gasteiger partial charge in [-0.1, -0.05) is 13.8 Å². The van der Waals surface area contributed by atoms with E-state index in [0.29, 0.717) is 19.4 Å². The topological polar surface area (TPSA) is 288 Å². The lowest BCUT2D eigenvalue weighted by molar-refractivity contribution is -0.140. The van der Waals surface area contributed by atoms with E-state index in [-0.39, 0.29) is 18.8 Å². The minimum atomic E-state index is -1.11. The number of rotatable bonds is 11. The van der Waals surface area contributed by atoms with Gasteiger partial charge in [0.05, 0.1) is 0 Å². The number of primary amides is 2. The van der Waals surface area contributed by atoms with Gasteiger partial charge in [0.1, 0.15) is 18.1 Å². The summed E-state index contributed by atoms with van der Waals surface area (Å²) in [6.07, 6.45) is 0.962. The van der Waals surface area contributed by atoms with Crippen molar-refractivity contribution in [1.82, 2.24) is 5.32 Å². The maximum absolute atomic E-state index is 10.2. The number of hydrogen-bond donors (Lipinski definition) is 9. The molecule has 14 heteroatoms. The summed E-state index contributed by atoms with van der Waals surface area (Å²) in [5.41, 5.74) is 24.9. The van der Waals surface area contributed by atoms with Crippen LogP contribution in [0.25, 0.3) is 0 Å². The Hall–Kier alpha value is -2.97. The molecule has 0 saturated carbocycles. The molecule has 0 saturated heterocycles. The van der Waals surface area contributed by atoms with Crippen molar-refractivity contribution in [2.45, 2.75) is 57.7 Å². The molecular weight excluding hydrogens is 404 g/mol. The van der Waals surface area contributed by atoms with Gasteiger partial charge >= 0.3 is 23.9 Å². The SMILES string of the molecule is CC(C)C(N)C(=O)O.NC(=O)CCC(N)C(=O)O.NC(=O)NCCCC(N)C(=O)O. The van der Waals surface area contributed by atoms with E-state index in [1.807, 2.05) is 0 Å². The lowest BCUT2D eigenvalue weighted by Gasteiger charge is -2.07. The van der Waals surface area contributed by atoms with E-state index in [0.717, 1.165) is 0 Å². The van der Waals surface area contributed by atoms with Crippen LogP contribution in [0.5, 0.6) is 0 Å². The average Bonchev–Trinajstić information content (AvgIpc) is 2.62. The van der Waals surface area contributed by atoms with Gasteiger partial charge in [0.15, 0.2) is 0 Å². The second-order valence-electron chi connectivity index (χ2n) is 6.44. The van der Waals surface area contributed by atoms with Crippen molar-refractivity contribution in [3.8, 4) is 0 Å². The Bertz CT molecular complexity index is 558. The molecule has 0 aromatic carbocycles. The van der Waals surface area contributed by atoms with Crippen LogP contribution in [0, 0.1) is 5.92 Å². The zero-order valence-electron chi connectivity index (χ0n) is 17.1. The highest BCUT2D eigenvalue weighted by Gasteiger charge is 2.14. The standard InChI is InChI=1S/C6H13N3O3.C5H10N2O3.C5H11NO2/c7-4(5(10)11)2-1-3-9-6(8)12;6-3(5(9)10)1-2-4(7)8;1-3(2)4(6)5(7)8/h4H,1-3,7H2,(H,10,11)(H3,8,9,12);3H,1-2,6H2,(H2,7,8)(H,9,10);3-4H,6H2,1-2H3,(H,7,8). The van der Waals surface area contributed by atoms with Gasteiger partial charge in [-0.25, -0.2) is 4.79 Å². The van der Waals surface area contributed by atoms with Gasteiger partial charge in [0, 0.05) is 13.0 Å². The number of nitrogens with two attached hydrogens (primary N) is 5. The van der Waals surface area contributed by atoms with Crippen molar-refractivity contribution in [2.75, 3.05) is 6.54 Å². The molecule has 0 spiro atoms. The fourth-order valence-corrected chi connectivity index (χ4v) is 1.36. The minimum Gasteiger partial charge on any atom is -0.480 e. The molecule has 0 aliphatic carbocycles. The first-order valence-electron chi connectivity index (χ1n) is 8.90. The Labute approximate surface area is 174 Å². The minimum absolute atomic E-state index is 0.0208. The van der Waals surface area contributed by atoms with Crippen molar-refractivity contribution in [3.63, 3.8) is 0 Å². The zero-order chi connectivity index (χ0) is 24.4. The molecular formula is C16H34N6O8. The Morgan fingerprint density at radius 1 is 0.800 bits per heavy atom. The van der Waals surface area contributed by atoms with Crippen molar-refractivity contribution >= 4 is 29.8 Å². The number of carbonyl (C=O) groups is 5. The van der Waals surface area contributed by atoms with Crippen LogP contribution in [0.15, 0.2) is 0 Å². The van der Waals surface area contributed by atoms with E-state index < -0.39 is 48.0 Å². The van der Waals surface area contributed by atoms with E-state index >= 15 is 0 Å². The van der Waals surface area contributed by atoms with E-state index in [1.165, 1.54) is 0 Å². The van der Waals surface area contributed by atoms with Gasteiger partial charge in [0.2, 0.25) is 5.91 Å². The average molecular weight is 438 g/mol. The molecule has 3 unspecified atom stereocenters. The third-order valence-electron chi connectivity index (χ3n) is 3.33. The predicted molar refractivity (Wildman–Crippen MR) is 107 cm³/mol. The van der Waals surface area contributed by atoms with Crippen LogP contribution in [0.4, 0.5) is 4.79 Å². The molecule has 176 valence electrons. The second kappa shape index (κ2) is 18.1. The van der Waals surface area contributed by atoms with Crippen LogP contribution >= 0.6 is 0 Å². The first kappa shape index (κ1) is 31.7. The number of aliphatic carboxylic acids is 3. The van der Waals surface area contributed by atoms with Crippen LogP contribution in [0.3, 0.4) is 0 Å². The number of urea groups is 1. The summed E-state index contributed by atoms with van der Waals surface area (Å²) in [5, 5.41) is 27.1. The van der Waals surface area contributed by atoms with Gasteiger partial charge in [0.25, 0.3) is 0 Å². The maximum Gasteiger partial charge on any atom is 0.320 e. The predicted octanol–water partition coefficient (Wildman–Crippen LogP) is -2.44. The smallest absolute Gasteiger partial charge is 0.320 e. The van der Waals surface area contributed by atoms with Crippen LogP contribution in [-0.2, 0) is 19.2 Å². The van der Waals surface area contributed by atoms with Gasteiger partial charge in [-0.05, 0) is 25.2 Å². The fourth-order valence-electron chi connectivity index (χ4n) is 1.36. The molecule has 0 bridgehead atoms. The van der Waals surface area contributed by atoms with Crippen LogP contribution in [-0.4, -0.2) is 69.8 Å². The van der Waals surface area contributed by atoms with E-state index in [1.54, 1.807) is 13.8 Å². The molecule has 0 fully saturated rings. The molecule has 14 nitrogen and oxygen atoms in total. The summed E-state index contributed by atoms with van der Waals surface area (Å²) in [4.78, 5) is 50.5. The summed E-state index contributed by atoms with van der Waals surface area (Å²) >= 11 is 0. The summed E-state index contributed by atoms with van der Waals surface area (Å²) < 4.78 is 0. The third kappa shape index (κ3) is 23.1. The Kier molecular flexibility index (Phi) is 19.1. The number of hydrogen-bond acceptors (Lipinski definition) is 8. The number of carbonyl (C=O) groups excluding carboxylic acids is 2. The molecule has 0 heterocycles. The number of carboxylic acids is 3. The number of nitrogens with one attached hydrogen (secondary N) is 1. The monoisotopic (exact) mass is 438 g/mol. The molecule has 3 atom stereocenters. The van der Waals surface area contributed by atoms with E-state index in [2.05, 4.69) is 5.32 Å². The summed E-state index contributed by atoms with van der Waals surface area (Å²) in [5.74, 6) is -3.58. The van der Waals surface area contributed by atoms with Gasteiger partial charge < -0.3 is 49.3 Å². The molecule has 0 aliphatic heterocycles. The van der Waals surface area contributed by atoms with Crippen molar-refractivity contribution in [3.05, 3.63) is 0 Å². The molecule has 0 radical (unpaired) electrons. The summed E-state index contributed by atoms with van der Waals surface area (Å²) in [6.45, 7) is 3.91. The first-order chi connectivity index (χ1) is 13.6. The quantitative estimate of drug-likeness (QED) is 0.153. The highest BCUT2D eigenvalue weighted by atomic mass is 16.4. The van der Waals surface area contributed by atoms with Gasteiger partial charge in [-0.2, -0.15) is 0 Å². The highest BCUT2D eigenvalue weighted by Crippen LogP contribution is 1.96. The molecule has 14 N–H and O–H groups in total. The largest absolute Gasteiger partial charge is 0.480 e. The fraction of sp³-hybridized carbons (Fsp3) is 0.688. The Morgan fingerprint density at radius 3 is 1.50 bits per heavy atom. The Morgan fingerprint density at radius 2 is 1.23 bits per heavy atom. The molecule has 0 rings (SSSR count). The molecule has 0 aromatic rings. The van der Waals surface area contributed by atoms with E-state index in [4.69, 9.17) is 44.0 Å². The molecule has 0 aromatic heterocycles. The number of carboxylic acid groups (broad SMARTS) is 3. The molecule has 0 aliphatic rings. The first-order valence-corrected chi connectivity index (χ1v) is 8.90. The summed E-state index contributed by atoms with van der Waals surface area (Å²) in [6, 6.07) is -3.17. The zero-order valence-corrected chi connectivity index (χ0v) is 17.1. The lowest BCUT2D eigenvalue weighted by atomic mass is 10.1. The van der Waals surface area contributed by atoms with Crippen molar-refractivity contribution in [2.24, 2.45) is 34.6 Å². The Balaban J connectivity index is -0.000000372. The lowest BCUT2D eigenvalue weighted by Crippen LogP contribution is -2.34. The van der Waals surface area contributed by atoms with Crippen molar-refractivity contribution in [1.29, 1.82) is 0 Å². The van der Waals surface area contributed by atoms with Gasteiger partial charge in [-0.3, -0.25) is 19.2 Å². The summed E-state index contributed by atoms with van der Waals surface area (Å²) in [7, 11) is 0.